The third-order valence-corrected chi connectivity index (χ3v) is 1.75. The van der Waals surface area contributed by atoms with E-state index < -0.39 is 17.8 Å². The molecule has 1 rings (SSSR count). The van der Waals surface area contributed by atoms with Crippen LogP contribution in [0.2, 0.25) is 0 Å². The molecule has 0 unspecified atom stereocenters. The van der Waals surface area contributed by atoms with E-state index in [0.717, 1.165) is 19.2 Å². The predicted octanol–water partition coefficient (Wildman–Crippen LogP) is -0.934. The zero-order valence-electron chi connectivity index (χ0n) is 8.39. The molecule has 1 aromatic heterocycles. The van der Waals surface area contributed by atoms with Crippen LogP contribution in [-0.2, 0) is 4.74 Å². The summed E-state index contributed by atoms with van der Waals surface area (Å²) >= 11 is 0. The average Bonchev–Trinajstić information content (AvgIpc) is 2.27. The first kappa shape index (κ1) is 11.6. The van der Waals surface area contributed by atoms with Gasteiger partial charge in [-0.1, -0.05) is 0 Å². The predicted molar refractivity (Wildman–Crippen MR) is 52.6 cm³/mol. The maximum Gasteiger partial charge on any atom is 0.338 e. The van der Waals surface area contributed by atoms with E-state index in [-0.39, 0.29) is 17.0 Å². The van der Waals surface area contributed by atoms with E-state index in [2.05, 4.69) is 9.72 Å². The van der Waals surface area contributed by atoms with Crippen molar-refractivity contribution in [3.8, 4) is 0 Å². The van der Waals surface area contributed by atoms with Gasteiger partial charge >= 0.3 is 5.97 Å². The van der Waals surface area contributed by atoms with Crippen LogP contribution < -0.4 is 11.5 Å². The van der Waals surface area contributed by atoms with Gasteiger partial charge in [-0.2, -0.15) is 0 Å². The van der Waals surface area contributed by atoms with Gasteiger partial charge in [-0.3, -0.25) is 9.59 Å². The van der Waals surface area contributed by atoms with Crippen molar-refractivity contribution >= 4 is 17.8 Å². The number of aromatic nitrogens is 1. The number of nitrogens with two attached hydrogens (primary N) is 2. The van der Waals surface area contributed by atoms with Gasteiger partial charge in [0.1, 0.15) is 11.4 Å². The van der Waals surface area contributed by atoms with Crippen molar-refractivity contribution in [2.24, 2.45) is 11.5 Å². The first-order valence-electron chi connectivity index (χ1n) is 4.15. The number of hydrogen-bond acceptors (Lipinski definition) is 5. The van der Waals surface area contributed by atoms with Crippen LogP contribution in [0, 0.1) is 0 Å². The molecule has 0 aliphatic rings. The minimum atomic E-state index is -0.867. The SMILES string of the molecule is COC(=O)c1cc(C(N)=O)nc(C(N)=O)c1. The summed E-state index contributed by atoms with van der Waals surface area (Å²) in [5.41, 5.74) is 9.51. The lowest BCUT2D eigenvalue weighted by Crippen LogP contribution is -2.20. The Hall–Kier alpha value is -2.44. The van der Waals surface area contributed by atoms with Crippen molar-refractivity contribution in [2.75, 3.05) is 7.11 Å². The third-order valence-electron chi connectivity index (χ3n) is 1.75. The molecule has 0 saturated carbocycles. The van der Waals surface area contributed by atoms with Gasteiger partial charge in [0, 0.05) is 0 Å². The van der Waals surface area contributed by atoms with E-state index in [4.69, 9.17) is 11.5 Å². The van der Waals surface area contributed by atoms with Gasteiger partial charge in [0.05, 0.1) is 12.7 Å². The number of primary amides is 2. The molecule has 0 fully saturated rings. The molecule has 0 spiro atoms. The summed E-state index contributed by atoms with van der Waals surface area (Å²) in [7, 11) is 1.16. The van der Waals surface area contributed by atoms with Gasteiger partial charge in [0.25, 0.3) is 11.8 Å². The number of esters is 1. The molecule has 0 bridgehead atoms. The summed E-state index contributed by atoms with van der Waals surface area (Å²) < 4.78 is 4.43. The number of pyridine rings is 1. The normalized spacial score (nSPS) is 9.56. The summed E-state index contributed by atoms with van der Waals surface area (Å²) in [5.74, 6) is -2.45. The van der Waals surface area contributed by atoms with Gasteiger partial charge in [0.2, 0.25) is 0 Å². The smallest absolute Gasteiger partial charge is 0.338 e. The number of methoxy groups -OCH3 is 1. The van der Waals surface area contributed by atoms with Crippen LogP contribution in [0.25, 0.3) is 0 Å². The van der Waals surface area contributed by atoms with Crippen molar-refractivity contribution in [1.29, 1.82) is 0 Å². The second kappa shape index (κ2) is 4.39. The van der Waals surface area contributed by atoms with Gasteiger partial charge in [-0.05, 0) is 12.1 Å². The molecular formula is C9H9N3O4. The van der Waals surface area contributed by atoms with Crippen LogP contribution >= 0.6 is 0 Å². The van der Waals surface area contributed by atoms with E-state index >= 15 is 0 Å². The maximum absolute atomic E-state index is 11.2. The number of carbonyl (C=O) groups excluding carboxylic acids is 3. The monoisotopic (exact) mass is 223 g/mol. The molecule has 0 aliphatic carbocycles. The second-order valence-electron chi connectivity index (χ2n) is 2.85. The van der Waals surface area contributed by atoms with Crippen LogP contribution in [0.4, 0.5) is 0 Å². The summed E-state index contributed by atoms with van der Waals surface area (Å²) in [6.07, 6.45) is 0. The standard InChI is InChI=1S/C9H9N3O4/c1-16-9(15)4-2-5(7(10)13)12-6(3-4)8(11)14/h2-3H,1H3,(H2,10,13)(H2,11,14). The fourth-order valence-corrected chi connectivity index (χ4v) is 1.02. The number of amides is 2. The van der Waals surface area contributed by atoms with Crippen molar-refractivity contribution in [3.63, 3.8) is 0 Å². The van der Waals surface area contributed by atoms with Crippen molar-refractivity contribution in [1.82, 2.24) is 4.98 Å². The minimum Gasteiger partial charge on any atom is -0.465 e. The lowest BCUT2D eigenvalue weighted by molar-refractivity contribution is 0.0600. The van der Waals surface area contributed by atoms with Gasteiger partial charge in [0.15, 0.2) is 0 Å². The van der Waals surface area contributed by atoms with Crippen molar-refractivity contribution in [2.45, 2.75) is 0 Å². The Morgan fingerprint density at radius 2 is 1.56 bits per heavy atom. The lowest BCUT2D eigenvalue weighted by atomic mass is 10.2. The molecule has 7 heteroatoms. The zero-order chi connectivity index (χ0) is 12.3. The Labute approximate surface area is 90.4 Å². The molecule has 7 nitrogen and oxygen atoms in total. The van der Waals surface area contributed by atoms with Crippen LogP contribution in [0.15, 0.2) is 12.1 Å². The molecule has 0 aliphatic heterocycles. The lowest BCUT2D eigenvalue weighted by Gasteiger charge is -2.03. The minimum absolute atomic E-state index is 0.0138. The van der Waals surface area contributed by atoms with Crippen LogP contribution in [0.3, 0.4) is 0 Å². The molecule has 0 aromatic carbocycles. The topological polar surface area (TPSA) is 125 Å². The Balaban J connectivity index is 3.35. The molecule has 2 amide bonds. The number of hydrogen-bond donors (Lipinski definition) is 2. The number of ether oxygens (including phenoxy) is 1. The Kier molecular flexibility index (Phi) is 3.19. The third kappa shape index (κ3) is 2.32. The molecule has 16 heavy (non-hydrogen) atoms. The summed E-state index contributed by atoms with van der Waals surface area (Å²) in [4.78, 5) is 36.6. The molecule has 0 saturated heterocycles. The molecule has 84 valence electrons. The fourth-order valence-electron chi connectivity index (χ4n) is 1.02. The van der Waals surface area contributed by atoms with E-state index in [0.29, 0.717) is 0 Å². The van der Waals surface area contributed by atoms with Crippen molar-refractivity contribution in [3.05, 3.63) is 29.1 Å². The van der Waals surface area contributed by atoms with Gasteiger partial charge < -0.3 is 16.2 Å². The summed E-state index contributed by atoms with van der Waals surface area (Å²) in [6.45, 7) is 0. The highest BCUT2D eigenvalue weighted by molar-refractivity contribution is 5.99. The Morgan fingerprint density at radius 3 is 1.88 bits per heavy atom. The highest BCUT2D eigenvalue weighted by atomic mass is 16.5. The van der Waals surface area contributed by atoms with Gasteiger partial charge in [-0.15, -0.1) is 0 Å². The molecule has 0 radical (unpaired) electrons. The van der Waals surface area contributed by atoms with Crippen molar-refractivity contribution < 1.29 is 19.1 Å². The fraction of sp³-hybridized carbons (Fsp3) is 0.111. The quantitative estimate of drug-likeness (QED) is 0.640. The Morgan fingerprint density at radius 1 is 1.12 bits per heavy atom. The first-order chi connectivity index (χ1) is 7.45. The van der Waals surface area contributed by atoms with E-state index in [1.54, 1.807) is 0 Å². The average molecular weight is 223 g/mol. The summed E-state index contributed by atoms with van der Waals surface area (Å²) in [6, 6.07) is 2.25. The number of carbonyl (C=O) groups is 3. The Bertz CT molecular complexity index is 438. The summed E-state index contributed by atoms with van der Waals surface area (Å²) in [5, 5.41) is 0. The molecule has 1 aromatic rings. The zero-order valence-corrected chi connectivity index (χ0v) is 8.39. The largest absolute Gasteiger partial charge is 0.465 e. The van der Waals surface area contributed by atoms with Crippen LogP contribution in [0.5, 0.6) is 0 Å². The molecule has 1 heterocycles. The number of nitrogens with zero attached hydrogens (tertiary/aromatic N) is 1. The maximum atomic E-state index is 11.2. The molecule has 4 N–H and O–H groups in total. The highest BCUT2D eigenvalue weighted by Gasteiger charge is 2.15. The van der Waals surface area contributed by atoms with Crippen LogP contribution in [-0.4, -0.2) is 29.9 Å². The van der Waals surface area contributed by atoms with E-state index in [9.17, 15) is 14.4 Å². The van der Waals surface area contributed by atoms with Gasteiger partial charge in [-0.25, -0.2) is 9.78 Å². The first-order valence-corrected chi connectivity index (χ1v) is 4.15. The second-order valence-corrected chi connectivity index (χ2v) is 2.85. The number of rotatable bonds is 3. The van der Waals surface area contributed by atoms with E-state index in [1.807, 2.05) is 0 Å². The van der Waals surface area contributed by atoms with Crippen LogP contribution in [0.1, 0.15) is 31.3 Å². The molecule has 0 atom stereocenters. The van der Waals surface area contributed by atoms with E-state index in [1.165, 1.54) is 0 Å². The highest BCUT2D eigenvalue weighted by Crippen LogP contribution is 2.07. The molecular weight excluding hydrogens is 214 g/mol.